The smallest absolute Gasteiger partial charge is 0.234 e. The van der Waals surface area contributed by atoms with Gasteiger partial charge in [-0.25, -0.2) is 0 Å². The predicted octanol–water partition coefficient (Wildman–Crippen LogP) is 4.91. The number of nitrogens with zero attached hydrogens (tertiary/aromatic N) is 3. The first-order valence-corrected chi connectivity index (χ1v) is 12.0. The minimum atomic E-state index is -0.106. The Morgan fingerprint density at radius 3 is 2.67 bits per heavy atom. The van der Waals surface area contributed by atoms with Gasteiger partial charge in [-0.15, -0.1) is 16.8 Å². The summed E-state index contributed by atoms with van der Waals surface area (Å²) in [4.78, 5) is 12.4. The van der Waals surface area contributed by atoms with Crippen LogP contribution in [0.15, 0.2) is 66.3 Å². The molecule has 7 nitrogen and oxygen atoms in total. The molecule has 0 bridgehead atoms. The van der Waals surface area contributed by atoms with Crippen molar-refractivity contribution in [2.24, 2.45) is 0 Å². The molecule has 0 aliphatic heterocycles. The van der Waals surface area contributed by atoms with E-state index >= 15 is 0 Å². The van der Waals surface area contributed by atoms with Gasteiger partial charge in [0.25, 0.3) is 0 Å². The second-order valence-electron chi connectivity index (χ2n) is 7.31. The van der Waals surface area contributed by atoms with Gasteiger partial charge < -0.3 is 19.4 Å². The molecular formula is C25H30N4O3S. The summed E-state index contributed by atoms with van der Waals surface area (Å²) in [5.41, 5.74) is 1.85. The number of nitrogens with one attached hydrogen (secondary N) is 1. The molecule has 8 heteroatoms. The van der Waals surface area contributed by atoms with Crippen LogP contribution in [0.2, 0.25) is 0 Å². The van der Waals surface area contributed by atoms with Crippen LogP contribution < -0.4 is 14.8 Å². The van der Waals surface area contributed by atoms with E-state index in [9.17, 15) is 4.79 Å². The Kier molecular flexibility index (Phi) is 9.38. The fourth-order valence-corrected chi connectivity index (χ4v) is 3.95. The molecule has 0 aliphatic rings. The third kappa shape index (κ3) is 7.39. The summed E-state index contributed by atoms with van der Waals surface area (Å²) in [6.45, 7) is 9.59. The first-order chi connectivity index (χ1) is 16.1. The highest BCUT2D eigenvalue weighted by Gasteiger charge is 2.14. The third-order valence-corrected chi connectivity index (χ3v) is 5.75. The monoisotopic (exact) mass is 466 g/mol. The summed E-state index contributed by atoms with van der Waals surface area (Å²) in [6.07, 6.45) is 3.35. The number of anilines is 1. The molecular weight excluding hydrogens is 436 g/mol. The van der Waals surface area contributed by atoms with Crippen molar-refractivity contribution in [1.82, 2.24) is 14.8 Å². The van der Waals surface area contributed by atoms with Crippen molar-refractivity contribution >= 4 is 23.4 Å². The first kappa shape index (κ1) is 24.4. The highest BCUT2D eigenvalue weighted by molar-refractivity contribution is 7.99. The molecule has 0 atom stereocenters. The summed E-state index contributed by atoms with van der Waals surface area (Å²) in [5.74, 6) is 2.67. The van der Waals surface area contributed by atoms with Crippen molar-refractivity contribution in [2.75, 3.05) is 24.3 Å². The second kappa shape index (κ2) is 12.7. The summed E-state index contributed by atoms with van der Waals surface area (Å²) in [7, 11) is 0. The van der Waals surface area contributed by atoms with Crippen LogP contribution in [0.25, 0.3) is 0 Å². The summed E-state index contributed by atoms with van der Waals surface area (Å²) >= 11 is 1.36. The Hall–Kier alpha value is -3.26. The van der Waals surface area contributed by atoms with Crippen molar-refractivity contribution in [1.29, 1.82) is 0 Å². The number of benzene rings is 2. The van der Waals surface area contributed by atoms with Gasteiger partial charge >= 0.3 is 0 Å². The molecule has 174 valence electrons. The van der Waals surface area contributed by atoms with Crippen molar-refractivity contribution in [3.63, 3.8) is 0 Å². The number of ether oxygens (including phenoxy) is 2. The molecule has 0 radical (unpaired) electrons. The lowest BCUT2D eigenvalue weighted by atomic mass is 10.2. The molecule has 3 aromatic rings. The van der Waals surface area contributed by atoms with Gasteiger partial charge in [-0.1, -0.05) is 36.0 Å². The summed E-state index contributed by atoms with van der Waals surface area (Å²) < 4.78 is 13.3. The zero-order chi connectivity index (χ0) is 23.5. The molecule has 0 saturated carbocycles. The van der Waals surface area contributed by atoms with Crippen molar-refractivity contribution in [2.45, 2.75) is 38.4 Å². The Morgan fingerprint density at radius 2 is 1.94 bits per heavy atom. The number of rotatable bonds is 13. The highest BCUT2D eigenvalue weighted by atomic mass is 32.2. The zero-order valence-electron chi connectivity index (χ0n) is 19.1. The van der Waals surface area contributed by atoms with Gasteiger partial charge in [0.1, 0.15) is 17.3 Å². The largest absolute Gasteiger partial charge is 0.494 e. The summed E-state index contributed by atoms with van der Waals surface area (Å²) in [5, 5.41) is 12.2. The first-order valence-electron chi connectivity index (χ1n) is 11.0. The number of thioether (sulfide) groups is 1. The van der Waals surface area contributed by atoms with E-state index in [1.54, 1.807) is 6.08 Å². The number of carbonyl (C=O) groups excluding carboxylic acids is 1. The molecule has 0 spiro atoms. The van der Waals surface area contributed by atoms with E-state index in [1.807, 2.05) is 66.9 Å². The van der Waals surface area contributed by atoms with E-state index in [0.717, 1.165) is 41.4 Å². The predicted molar refractivity (Wildman–Crippen MR) is 132 cm³/mol. The maximum atomic E-state index is 12.4. The van der Waals surface area contributed by atoms with Crippen molar-refractivity contribution < 1.29 is 14.3 Å². The van der Waals surface area contributed by atoms with Crippen LogP contribution in [-0.4, -0.2) is 39.6 Å². The Balaban J connectivity index is 1.50. The lowest BCUT2D eigenvalue weighted by Gasteiger charge is -2.10. The molecule has 1 amide bonds. The molecule has 0 fully saturated rings. The zero-order valence-corrected chi connectivity index (χ0v) is 19.9. The molecule has 0 saturated heterocycles. The van der Waals surface area contributed by atoms with Crippen LogP contribution in [0.5, 0.6) is 11.5 Å². The Morgan fingerprint density at radius 1 is 1.15 bits per heavy atom. The highest BCUT2D eigenvalue weighted by Crippen LogP contribution is 2.20. The van der Waals surface area contributed by atoms with Gasteiger partial charge in [0.15, 0.2) is 5.16 Å². The standard InChI is InChI=1S/C25H30N4O3S/c1-4-16-29-23(11-8-17-32-22-10-7-6-9-19(22)3)27-28-25(29)33-18-24(30)26-20-12-14-21(15-13-20)31-5-2/h4,6-7,9-10,12-15H,1,5,8,11,16-18H2,2-3H3,(H,26,30). The van der Waals surface area contributed by atoms with Gasteiger partial charge in [-0.3, -0.25) is 4.79 Å². The number of carbonyl (C=O) groups is 1. The van der Waals surface area contributed by atoms with Gasteiger partial charge in [0, 0.05) is 18.7 Å². The molecule has 3 rings (SSSR count). The molecule has 0 aliphatic carbocycles. The second-order valence-corrected chi connectivity index (χ2v) is 8.25. The Labute approximate surface area is 199 Å². The lowest BCUT2D eigenvalue weighted by molar-refractivity contribution is -0.113. The number of aryl methyl sites for hydroxylation is 2. The van der Waals surface area contributed by atoms with E-state index in [2.05, 4.69) is 22.1 Å². The lowest BCUT2D eigenvalue weighted by Crippen LogP contribution is -2.15. The SMILES string of the molecule is C=CCn1c(CCCOc2ccccc2C)nnc1SCC(=O)Nc1ccc(OCC)cc1. The minimum absolute atomic E-state index is 0.106. The molecule has 1 aromatic heterocycles. The van der Waals surface area contributed by atoms with E-state index in [0.29, 0.717) is 24.9 Å². The van der Waals surface area contributed by atoms with E-state index in [-0.39, 0.29) is 11.7 Å². The van der Waals surface area contributed by atoms with Gasteiger partial charge in [0.05, 0.1) is 19.0 Å². The van der Waals surface area contributed by atoms with Crippen LogP contribution in [0.4, 0.5) is 5.69 Å². The van der Waals surface area contributed by atoms with Crippen LogP contribution in [0.3, 0.4) is 0 Å². The fraction of sp³-hybridized carbons (Fsp3) is 0.320. The van der Waals surface area contributed by atoms with Gasteiger partial charge in [-0.2, -0.15) is 0 Å². The molecule has 33 heavy (non-hydrogen) atoms. The number of hydrogen-bond donors (Lipinski definition) is 1. The van der Waals surface area contributed by atoms with Crippen molar-refractivity contribution in [3.8, 4) is 11.5 Å². The molecule has 1 heterocycles. The number of hydrogen-bond acceptors (Lipinski definition) is 6. The topological polar surface area (TPSA) is 78.3 Å². The number of aromatic nitrogens is 3. The minimum Gasteiger partial charge on any atom is -0.494 e. The summed E-state index contributed by atoms with van der Waals surface area (Å²) in [6, 6.07) is 15.3. The maximum absolute atomic E-state index is 12.4. The maximum Gasteiger partial charge on any atom is 0.234 e. The van der Waals surface area contributed by atoms with Crippen molar-refractivity contribution in [3.05, 3.63) is 72.6 Å². The quantitative estimate of drug-likeness (QED) is 0.219. The van der Waals surface area contributed by atoms with Gasteiger partial charge in [0.2, 0.25) is 5.91 Å². The van der Waals surface area contributed by atoms with Gasteiger partial charge in [-0.05, 0) is 56.2 Å². The average Bonchev–Trinajstić information content (AvgIpc) is 3.19. The molecule has 2 aromatic carbocycles. The number of amides is 1. The van der Waals surface area contributed by atoms with E-state index < -0.39 is 0 Å². The number of para-hydroxylation sites is 1. The van der Waals surface area contributed by atoms with Crippen LogP contribution in [0, 0.1) is 6.92 Å². The van der Waals surface area contributed by atoms with Crippen LogP contribution in [-0.2, 0) is 17.8 Å². The fourth-order valence-electron chi connectivity index (χ4n) is 3.18. The molecule has 0 unspecified atom stereocenters. The number of allylic oxidation sites excluding steroid dienone is 1. The van der Waals surface area contributed by atoms with Crippen LogP contribution in [0.1, 0.15) is 24.7 Å². The normalized spacial score (nSPS) is 10.6. The van der Waals surface area contributed by atoms with E-state index in [1.165, 1.54) is 11.8 Å². The van der Waals surface area contributed by atoms with Crippen LogP contribution >= 0.6 is 11.8 Å². The average molecular weight is 467 g/mol. The molecule has 1 N–H and O–H groups in total. The third-order valence-electron chi connectivity index (χ3n) is 4.78. The Bertz CT molecular complexity index is 1050. The van der Waals surface area contributed by atoms with E-state index in [4.69, 9.17) is 9.47 Å².